The SMILES string of the molecule is COc1c(Cl)cc2c(c1C(N)C(=O)O)CCCC2. The highest BCUT2D eigenvalue weighted by molar-refractivity contribution is 6.32. The molecule has 0 saturated carbocycles. The molecule has 2 rings (SSSR count). The van der Waals surface area contributed by atoms with Gasteiger partial charge in [-0.2, -0.15) is 0 Å². The minimum atomic E-state index is -1.09. The van der Waals surface area contributed by atoms with Crippen molar-refractivity contribution in [2.75, 3.05) is 7.11 Å². The lowest BCUT2D eigenvalue weighted by molar-refractivity contribution is -0.138. The molecule has 0 heterocycles. The van der Waals surface area contributed by atoms with E-state index in [4.69, 9.17) is 27.2 Å². The van der Waals surface area contributed by atoms with Gasteiger partial charge >= 0.3 is 5.97 Å². The Labute approximate surface area is 111 Å². The van der Waals surface area contributed by atoms with Crippen molar-refractivity contribution < 1.29 is 14.6 Å². The summed E-state index contributed by atoms with van der Waals surface area (Å²) in [6, 6.07) is 0.776. The number of carbonyl (C=O) groups is 1. The van der Waals surface area contributed by atoms with Gasteiger partial charge in [0, 0.05) is 5.56 Å². The summed E-state index contributed by atoms with van der Waals surface area (Å²) in [7, 11) is 1.48. The van der Waals surface area contributed by atoms with E-state index in [9.17, 15) is 4.79 Å². The molecule has 5 heteroatoms. The Kier molecular flexibility index (Phi) is 3.78. The summed E-state index contributed by atoms with van der Waals surface area (Å²) in [6.07, 6.45) is 3.88. The van der Waals surface area contributed by atoms with Crippen LogP contribution in [0, 0.1) is 0 Å². The predicted octanol–water partition coefficient (Wildman–Crippen LogP) is 2.31. The van der Waals surface area contributed by atoms with E-state index >= 15 is 0 Å². The van der Waals surface area contributed by atoms with Crippen LogP contribution < -0.4 is 10.5 Å². The molecule has 0 fully saturated rings. The number of benzene rings is 1. The van der Waals surface area contributed by atoms with Crippen molar-refractivity contribution in [1.82, 2.24) is 0 Å². The third kappa shape index (κ3) is 2.18. The molecule has 0 spiro atoms. The fourth-order valence-corrected chi connectivity index (χ4v) is 2.85. The summed E-state index contributed by atoms with van der Waals surface area (Å²) < 4.78 is 5.24. The van der Waals surface area contributed by atoms with Crippen LogP contribution in [-0.4, -0.2) is 18.2 Å². The van der Waals surface area contributed by atoms with E-state index in [2.05, 4.69) is 0 Å². The van der Waals surface area contributed by atoms with Gasteiger partial charge in [-0.3, -0.25) is 4.79 Å². The van der Waals surface area contributed by atoms with Crippen molar-refractivity contribution in [3.05, 3.63) is 27.8 Å². The van der Waals surface area contributed by atoms with Crippen LogP contribution in [0.2, 0.25) is 5.02 Å². The number of rotatable bonds is 3. The normalized spacial score (nSPS) is 15.9. The molecule has 1 aliphatic carbocycles. The van der Waals surface area contributed by atoms with Crippen molar-refractivity contribution >= 4 is 17.6 Å². The number of hydrogen-bond acceptors (Lipinski definition) is 3. The standard InChI is InChI=1S/C13H16ClNO3/c1-18-12-9(14)6-7-4-2-3-5-8(7)10(12)11(15)13(16)17/h6,11H,2-5,15H2,1H3,(H,16,17). The summed E-state index contributed by atoms with van der Waals surface area (Å²) in [5.74, 6) is -0.671. The van der Waals surface area contributed by atoms with E-state index < -0.39 is 12.0 Å². The number of hydrogen-bond donors (Lipinski definition) is 2. The van der Waals surface area contributed by atoms with Gasteiger partial charge in [-0.05, 0) is 42.9 Å². The number of aliphatic carboxylic acids is 1. The van der Waals surface area contributed by atoms with Gasteiger partial charge in [0.2, 0.25) is 0 Å². The van der Waals surface area contributed by atoms with E-state index in [1.165, 1.54) is 7.11 Å². The number of nitrogens with two attached hydrogens (primary N) is 1. The molecule has 98 valence electrons. The minimum Gasteiger partial charge on any atom is -0.495 e. The lowest BCUT2D eigenvalue weighted by Gasteiger charge is -2.24. The fourth-order valence-electron chi connectivity index (χ4n) is 2.54. The maximum absolute atomic E-state index is 11.1. The third-order valence-corrected chi connectivity index (χ3v) is 3.66. The maximum Gasteiger partial charge on any atom is 0.325 e. The van der Waals surface area contributed by atoms with Crippen LogP contribution in [0.1, 0.15) is 35.6 Å². The van der Waals surface area contributed by atoms with Crippen LogP contribution >= 0.6 is 11.6 Å². The van der Waals surface area contributed by atoms with Crippen LogP contribution in [-0.2, 0) is 17.6 Å². The molecule has 1 aliphatic rings. The Hall–Kier alpha value is -1.26. The molecule has 1 atom stereocenters. The molecule has 0 saturated heterocycles. The molecule has 0 aromatic heterocycles. The quantitative estimate of drug-likeness (QED) is 0.883. The highest BCUT2D eigenvalue weighted by Gasteiger charge is 2.27. The Balaban J connectivity index is 2.65. The number of ether oxygens (including phenoxy) is 1. The monoisotopic (exact) mass is 269 g/mol. The summed E-state index contributed by atoms with van der Waals surface area (Å²) in [6.45, 7) is 0. The number of fused-ring (bicyclic) bond motifs is 1. The molecule has 0 amide bonds. The zero-order valence-corrected chi connectivity index (χ0v) is 11.0. The number of carboxylic acids is 1. The van der Waals surface area contributed by atoms with Gasteiger partial charge < -0.3 is 15.6 Å². The van der Waals surface area contributed by atoms with E-state index in [1.54, 1.807) is 0 Å². The predicted molar refractivity (Wildman–Crippen MR) is 69.2 cm³/mol. The highest BCUT2D eigenvalue weighted by Crippen LogP contribution is 2.39. The van der Waals surface area contributed by atoms with Gasteiger partial charge in [-0.15, -0.1) is 0 Å². The average Bonchev–Trinajstić information content (AvgIpc) is 2.36. The second kappa shape index (κ2) is 5.16. The van der Waals surface area contributed by atoms with Crippen LogP contribution in [0.3, 0.4) is 0 Å². The Bertz CT molecular complexity index is 488. The first-order valence-electron chi connectivity index (χ1n) is 5.92. The van der Waals surface area contributed by atoms with Gasteiger partial charge in [0.05, 0.1) is 12.1 Å². The Morgan fingerprint density at radius 1 is 1.50 bits per heavy atom. The van der Waals surface area contributed by atoms with Crippen molar-refractivity contribution in [2.45, 2.75) is 31.7 Å². The molecular weight excluding hydrogens is 254 g/mol. The number of carboxylic acid groups (broad SMARTS) is 1. The average molecular weight is 270 g/mol. The van der Waals surface area contributed by atoms with Gasteiger partial charge in [0.25, 0.3) is 0 Å². The second-order valence-electron chi connectivity index (χ2n) is 4.47. The highest BCUT2D eigenvalue weighted by atomic mass is 35.5. The molecule has 1 unspecified atom stereocenters. The lowest BCUT2D eigenvalue weighted by atomic mass is 9.85. The molecule has 0 radical (unpaired) electrons. The molecule has 0 aliphatic heterocycles. The molecule has 0 bridgehead atoms. The van der Waals surface area contributed by atoms with Crippen molar-refractivity contribution in [1.29, 1.82) is 0 Å². The molecule has 3 N–H and O–H groups in total. The molecule has 4 nitrogen and oxygen atoms in total. The topological polar surface area (TPSA) is 72.5 Å². The van der Waals surface area contributed by atoms with Gasteiger partial charge in [0.1, 0.15) is 11.8 Å². The summed E-state index contributed by atoms with van der Waals surface area (Å²) in [4.78, 5) is 11.1. The Morgan fingerprint density at radius 2 is 2.17 bits per heavy atom. The molecule has 1 aromatic carbocycles. The van der Waals surface area contributed by atoms with E-state index in [-0.39, 0.29) is 0 Å². The minimum absolute atomic E-state index is 0.396. The van der Waals surface area contributed by atoms with E-state index in [0.29, 0.717) is 16.3 Å². The lowest BCUT2D eigenvalue weighted by Crippen LogP contribution is -2.24. The van der Waals surface area contributed by atoms with Crippen LogP contribution in [0.25, 0.3) is 0 Å². The largest absolute Gasteiger partial charge is 0.495 e. The third-order valence-electron chi connectivity index (χ3n) is 3.38. The number of halogens is 1. The van der Waals surface area contributed by atoms with Gasteiger partial charge in [-0.25, -0.2) is 0 Å². The van der Waals surface area contributed by atoms with E-state index in [0.717, 1.165) is 36.8 Å². The van der Waals surface area contributed by atoms with Crippen LogP contribution in [0.15, 0.2) is 6.07 Å². The number of aryl methyl sites for hydroxylation is 1. The molecular formula is C13H16ClNO3. The van der Waals surface area contributed by atoms with Gasteiger partial charge in [0.15, 0.2) is 0 Å². The number of methoxy groups -OCH3 is 1. The first-order valence-corrected chi connectivity index (χ1v) is 6.30. The zero-order chi connectivity index (χ0) is 13.3. The van der Waals surface area contributed by atoms with Crippen molar-refractivity contribution in [3.63, 3.8) is 0 Å². The van der Waals surface area contributed by atoms with Crippen molar-refractivity contribution in [2.24, 2.45) is 5.73 Å². The summed E-state index contributed by atoms with van der Waals surface area (Å²) in [5.41, 5.74) is 8.40. The zero-order valence-electron chi connectivity index (χ0n) is 10.2. The van der Waals surface area contributed by atoms with Crippen LogP contribution in [0.4, 0.5) is 0 Å². The van der Waals surface area contributed by atoms with Crippen LogP contribution in [0.5, 0.6) is 5.75 Å². The Morgan fingerprint density at radius 3 is 2.78 bits per heavy atom. The smallest absolute Gasteiger partial charge is 0.325 e. The van der Waals surface area contributed by atoms with E-state index in [1.807, 2.05) is 6.07 Å². The van der Waals surface area contributed by atoms with Crippen molar-refractivity contribution in [3.8, 4) is 5.75 Å². The summed E-state index contributed by atoms with van der Waals surface area (Å²) in [5, 5.41) is 9.56. The second-order valence-corrected chi connectivity index (χ2v) is 4.87. The maximum atomic E-state index is 11.1. The first-order chi connectivity index (χ1) is 8.56. The fraction of sp³-hybridized carbons (Fsp3) is 0.462. The molecule has 18 heavy (non-hydrogen) atoms. The van der Waals surface area contributed by atoms with Gasteiger partial charge in [-0.1, -0.05) is 11.6 Å². The summed E-state index contributed by atoms with van der Waals surface area (Å²) >= 11 is 6.14. The molecule has 1 aromatic rings. The first kappa shape index (κ1) is 13.2.